The summed E-state index contributed by atoms with van der Waals surface area (Å²) >= 11 is 0. The fourth-order valence-corrected chi connectivity index (χ4v) is 1.81. The first-order valence-electron chi connectivity index (χ1n) is 5.77. The van der Waals surface area contributed by atoms with E-state index in [4.69, 9.17) is 0 Å². The summed E-state index contributed by atoms with van der Waals surface area (Å²) in [5.41, 5.74) is -0.253. The first-order chi connectivity index (χ1) is 9.38. The van der Waals surface area contributed by atoms with Gasteiger partial charge >= 0.3 is 0 Å². The third kappa shape index (κ3) is 2.73. The zero-order valence-corrected chi connectivity index (χ0v) is 10.8. The summed E-state index contributed by atoms with van der Waals surface area (Å²) in [5, 5.41) is 17.5. The molecule has 6 nitrogen and oxygen atoms in total. The highest BCUT2D eigenvalue weighted by Crippen LogP contribution is 2.31. The van der Waals surface area contributed by atoms with Crippen molar-refractivity contribution in [3.05, 3.63) is 51.8 Å². The van der Waals surface area contributed by atoms with Crippen molar-refractivity contribution in [3.63, 3.8) is 0 Å². The summed E-state index contributed by atoms with van der Waals surface area (Å²) in [6.45, 7) is 1.70. The number of aromatic nitrogens is 2. The van der Waals surface area contributed by atoms with Gasteiger partial charge in [0.25, 0.3) is 5.69 Å². The van der Waals surface area contributed by atoms with Crippen molar-refractivity contribution >= 4 is 11.4 Å². The number of hydrogen-bond donors (Lipinski definition) is 1. The molecule has 0 radical (unpaired) electrons. The van der Waals surface area contributed by atoms with Gasteiger partial charge in [-0.3, -0.25) is 14.8 Å². The molecule has 1 atom stereocenters. The van der Waals surface area contributed by atoms with Crippen LogP contribution in [0.15, 0.2) is 24.5 Å². The minimum Gasteiger partial charge on any atom is -0.370 e. The second kappa shape index (κ2) is 5.24. The minimum absolute atomic E-state index is 0.340. The van der Waals surface area contributed by atoms with Gasteiger partial charge in [-0.15, -0.1) is 0 Å². The van der Waals surface area contributed by atoms with Gasteiger partial charge < -0.3 is 5.32 Å². The Balaban J connectivity index is 2.35. The lowest BCUT2D eigenvalue weighted by Crippen LogP contribution is -2.10. The fraction of sp³-hybridized carbons (Fsp3) is 0.250. The Hall–Kier alpha value is -2.51. The molecule has 0 bridgehead atoms. The molecule has 1 unspecified atom stereocenters. The van der Waals surface area contributed by atoms with Crippen LogP contribution in [0, 0.1) is 21.7 Å². The van der Waals surface area contributed by atoms with Crippen LogP contribution in [-0.4, -0.2) is 14.7 Å². The summed E-state index contributed by atoms with van der Waals surface area (Å²) in [6.07, 6.45) is 3.26. The van der Waals surface area contributed by atoms with Crippen LogP contribution >= 0.6 is 0 Å². The molecule has 0 spiro atoms. The maximum Gasteiger partial charge on any atom is 0.298 e. The van der Waals surface area contributed by atoms with Crippen LogP contribution in [0.2, 0.25) is 0 Å². The molecule has 1 aromatic carbocycles. The monoisotopic (exact) mass is 282 g/mol. The van der Waals surface area contributed by atoms with E-state index >= 15 is 0 Å². The lowest BCUT2D eigenvalue weighted by Gasteiger charge is -2.14. The molecule has 0 aliphatic carbocycles. The van der Waals surface area contributed by atoms with Crippen molar-refractivity contribution in [2.24, 2.45) is 7.05 Å². The van der Waals surface area contributed by atoms with Crippen molar-refractivity contribution in [1.82, 2.24) is 9.78 Å². The Morgan fingerprint density at radius 2 is 2.15 bits per heavy atom. The Morgan fingerprint density at radius 3 is 2.70 bits per heavy atom. The molecule has 0 fully saturated rings. The number of nitro groups is 1. The molecule has 0 saturated carbocycles. The third-order valence-electron chi connectivity index (χ3n) is 2.82. The lowest BCUT2D eigenvalue weighted by atomic mass is 10.1. The van der Waals surface area contributed by atoms with Crippen molar-refractivity contribution < 1.29 is 13.7 Å². The molecular weight excluding hydrogens is 270 g/mol. The van der Waals surface area contributed by atoms with Gasteiger partial charge in [0, 0.05) is 24.9 Å². The standard InChI is InChI=1S/C12H12F2N4O2/c1-7(8-5-15-17(2)6-8)16-12-10(14)3-9(13)4-11(12)18(19)20/h3-7,16H,1-2H3. The van der Waals surface area contributed by atoms with Gasteiger partial charge in [0.05, 0.1) is 23.2 Å². The number of nitrogens with one attached hydrogen (secondary N) is 1. The Morgan fingerprint density at radius 1 is 1.45 bits per heavy atom. The van der Waals surface area contributed by atoms with Gasteiger partial charge in [0.1, 0.15) is 11.5 Å². The third-order valence-corrected chi connectivity index (χ3v) is 2.82. The van der Waals surface area contributed by atoms with E-state index in [1.54, 1.807) is 31.0 Å². The van der Waals surface area contributed by atoms with E-state index in [1.165, 1.54) is 0 Å². The van der Waals surface area contributed by atoms with E-state index in [0.29, 0.717) is 12.1 Å². The molecule has 0 aliphatic rings. The minimum atomic E-state index is -1.01. The van der Waals surface area contributed by atoms with E-state index in [1.807, 2.05) is 0 Å². The molecular formula is C12H12F2N4O2. The summed E-state index contributed by atoms with van der Waals surface area (Å²) in [7, 11) is 1.72. The van der Waals surface area contributed by atoms with Gasteiger partial charge in [-0.1, -0.05) is 0 Å². The molecule has 1 aromatic heterocycles. The Labute approximate surface area is 113 Å². The van der Waals surface area contributed by atoms with E-state index < -0.39 is 28.3 Å². The highest BCUT2D eigenvalue weighted by atomic mass is 19.1. The second-order valence-electron chi connectivity index (χ2n) is 4.35. The quantitative estimate of drug-likeness (QED) is 0.691. The SMILES string of the molecule is CC(Nc1c(F)cc(F)cc1[N+](=O)[O-])c1cnn(C)c1. The predicted octanol–water partition coefficient (Wildman–Crippen LogP) is 2.78. The molecule has 0 aliphatic heterocycles. The van der Waals surface area contributed by atoms with Crippen molar-refractivity contribution in [3.8, 4) is 0 Å². The predicted molar refractivity (Wildman–Crippen MR) is 68.3 cm³/mol. The van der Waals surface area contributed by atoms with Crippen LogP contribution in [0.25, 0.3) is 0 Å². The lowest BCUT2D eigenvalue weighted by molar-refractivity contribution is -0.384. The smallest absolute Gasteiger partial charge is 0.298 e. The number of halogens is 2. The van der Waals surface area contributed by atoms with Gasteiger partial charge in [-0.2, -0.15) is 5.10 Å². The fourth-order valence-electron chi connectivity index (χ4n) is 1.81. The summed E-state index contributed by atoms with van der Waals surface area (Å²) < 4.78 is 28.3. The summed E-state index contributed by atoms with van der Waals surface area (Å²) in [6, 6.07) is 0.870. The maximum absolute atomic E-state index is 13.7. The molecule has 8 heteroatoms. The van der Waals surface area contributed by atoms with Crippen LogP contribution < -0.4 is 5.32 Å². The molecule has 20 heavy (non-hydrogen) atoms. The number of nitro benzene ring substituents is 1. The van der Waals surface area contributed by atoms with Crippen LogP contribution in [0.1, 0.15) is 18.5 Å². The van der Waals surface area contributed by atoms with E-state index in [9.17, 15) is 18.9 Å². The van der Waals surface area contributed by atoms with Crippen molar-refractivity contribution in [1.29, 1.82) is 0 Å². The number of benzene rings is 1. The van der Waals surface area contributed by atoms with Crippen LogP contribution in [0.4, 0.5) is 20.2 Å². The molecule has 1 N–H and O–H groups in total. The number of anilines is 1. The van der Waals surface area contributed by atoms with Crippen molar-refractivity contribution in [2.75, 3.05) is 5.32 Å². The van der Waals surface area contributed by atoms with E-state index in [2.05, 4.69) is 10.4 Å². The molecule has 2 aromatic rings. The number of nitrogens with zero attached hydrogens (tertiary/aromatic N) is 3. The normalized spacial score (nSPS) is 12.2. The van der Waals surface area contributed by atoms with Gasteiger partial charge in [0.15, 0.2) is 5.82 Å². The average Bonchev–Trinajstić information content (AvgIpc) is 2.78. The highest BCUT2D eigenvalue weighted by Gasteiger charge is 2.22. The number of aryl methyl sites for hydroxylation is 1. The molecule has 2 rings (SSSR count). The summed E-state index contributed by atoms with van der Waals surface area (Å²) in [4.78, 5) is 10.0. The highest BCUT2D eigenvalue weighted by molar-refractivity contribution is 5.63. The van der Waals surface area contributed by atoms with Gasteiger partial charge in [-0.25, -0.2) is 8.78 Å². The van der Waals surface area contributed by atoms with Gasteiger partial charge in [-0.05, 0) is 6.92 Å². The number of hydrogen-bond acceptors (Lipinski definition) is 4. The van der Waals surface area contributed by atoms with Crippen LogP contribution in [0.3, 0.4) is 0 Å². The van der Waals surface area contributed by atoms with Crippen molar-refractivity contribution in [2.45, 2.75) is 13.0 Å². The zero-order chi connectivity index (χ0) is 14.9. The topological polar surface area (TPSA) is 73.0 Å². The molecule has 0 saturated heterocycles. The van der Waals surface area contributed by atoms with E-state index in [-0.39, 0.29) is 5.69 Å². The molecule has 0 amide bonds. The number of rotatable bonds is 4. The molecule has 1 heterocycles. The van der Waals surface area contributed by atoms with Gasteiger partial charge in [0.2, 0.25) is 0 Å². The summed E-state index contributed by atoms with van der Waals surface area (Å²) in [5.74, 6) is -2.00. The Kier molecular flexibility index (Phi) is 3.64. The van der Waals surface area contributed by atoms with E-state index in [0.717, 1.165) is 5.56 Å². The first-order valence-corrected chi connectivity index (χ1v) is 5.77. The average molecular weight is 282 g/mol. The van der Waals surface area contributed by atoms with Crippen LogP contribution in [0.5, 0.6) is 0 Å². The second-order valence-corrected chi connectivity index (χ2v) is 4.35. The maximum atomic E-state index is 13.7. The largest absolute Gasteiger partial charge is 0.370 e. The molecule has 106 valence electrons. The zero-order valence-electron chi connectivity index (χ0n) is 10.8. The Bertz CT molecular complexity index is 657. The van der Waals surface area contributed by atoms with Crippen LogP contribution in [-0.2, 0) is 7.05 Å². The first kappa shape index (κ1) is 13.9.